The van der Waals surface area contributed by atoms with Crippen molar-refractivity contribution in [1.29, 1.82) is 0 Å². The normalized spacial score (nSPS) is 13.2. The standard InChI is InChI=1S/C18H21NO5/c1-11-8-12(2)24-16(11)17(22)19-18(3,10-15(20)21)13-6-5-7-14(9-13)23-4/h5-9H,10H2,1-4H3,(H,19,22)(H,20,21). The predicted octanol–water partition coefficient (Wildman–Crippen LogP) is 3.02. The summed E-state index contributed by atoms with van der Waals surface area (Å²) >= 11 is 0. The minimum Gasteiger partial charge on any atom is -0.497 e. The number of nitrogens with one attached hydrogen (secondary N) is 1. The van der Waals surface area contributed by atoms with Crippen molar-refractivity contribution in [1.82, 2.24) is 5.32 Å². The first-order valence-electron chi connectivity index (χ1n) is 7.51. The number of hydrogen-bond acceptors (Lipinski definition) is 4. The zero-order valence-electron chi connectivity index (χ0n) is 14.2. The van der Waals surface area contributed by atoms with E-state index < -0.39 is 17.4 Å². The van der Waals surface area contributed by atoms with Crippen molar-refractivity contribution in [2.24, 2.45) is 0 Å². The number of amides is 1. The Hall–Kier alpha value is -2.76. The summed E-state index contributed by atoms with van der Waals surface area (Å²) in [5.41, 5.74) is 0.233. The first-order valence-corrected chi connectivity index (χ1v) is 7.51. The van der Waals surface area contributed by atoms with Gasteiger partial charge < -0.3 is 19.6 Å². The predicted molar refractivity (Wildman–Crippen MR) is 88.2 cm³/mol. The van der Waals surface area contributed by atoms with Crippen LogP contribution in [0.15, 0.2) is 34.7 Å². The Labute approximate surface area is 140 Å². The fraction of sp³-hybridized carbons (Fsp3) is 0.333. The molecule has 24 heavy (non-hydrogen) atoms. The van der Waals surface area contributed by atoms with Gasteiger partial charge in [0.1, 0.15) is 11.5 Å². The first-order chi connectivity index (χ1) is 11.2. The molecule has 0 radical (unpaired) electrons. The lowest BCUT2D eigenvalue weighted by atomic mass is 9.88. The number of ether oxygens (including phenoxy) is 1. The second-order valence-corrected chi connectivity index (χ2v) is 5.96. The topological polar surface area (TPSA) is 88.8 Å². The Balaban J connectivity index is 2.38. The summed E-state index contributed by atoms with van der Waals surface area (Å²) < 4.78 is 10.6. The van der Waals surface area contributed by atoms with Gasteiger partial charge in [-0.15, -0.1) is 0 Å². The summed E-state index contributed by atoms with van der Waals surface area (Å²) in [6.45, 7) is 5.19. The fourth-order valence-corrected chi connectivity index (χ4v) is 2.66. The maximum Gasteiger partial charge on any atom is 0.306 e. The molecule has 0 aliphatic rings. The minimum atomic E-state index is -1.11. The molecule has 6 nitrogen and oxygen atoms in total. The molecule has 0 saturated carbocycles. The highest BCUT2D eigenvalue weighted by atomic mass is 16.5. The van der Waals surface area contributed by atoms with E-state index in [9.17, 15) is 14.7 Å². The van der Waals surface area contributed by atoms with Gasteiger partial charge in [-0.1, -0.05) is 12.1 Å². The molecule has 1 aromatic carbocycles. The van der Waals surface area contributed by atoms with E-state index in [1.54, 1.807) is 51.1 Å². The monoisotopic (exact) mass is 331 g/mol. The van der Waals surface area contributed by atoms with E-state index in [-0.39, 0.29) is 12.2 Å². The number of benzene rings is 1. The lowest BCUT2D eigenvalue weighted by Gasteiger charge is -2.30. The number of carboxylic acids is 1. The Bertz CT molecular complexity index is 765. The van der Waals surface area contributed by atoms with Crippen LogP contribution in [0.2, 0.25) is 0 Å². The number of carboxylic acid groups (broad SMARTS) is 1. The van der Waals surface area contributed by atoms with E-state index in [1.165, 1.54) is 7.11 Å². The molecule has 0 bridgehead atoms. The SMILES string of the molecule is COc1cccc(C(C)(CC(=O)O)NC(=O)c2oc(C)cc2C)c1. The maximum absolute atomic E-state index is 12.6. The van der Waals surface area contributed by atoms with Gasteiger partial charge in [-0.25, -0.2) is 0 Å². The van der Waals surface area contributed by atoms with Crippen LogP contribution in [0.5, 0.6) is 5.75 Å². The molecule has 0 aliphatic heterocycles. The quantitative estimate of drug-likeness (QED) is 0.849. The molecular formula is C18H21NO5. The van der Waals surface area contributed by atoms with Crippen LogP contribution in [0, 0.1) is 13.8 Å². The third kappa shape index (κ3) is 3.76. The van der Waals surface area contributed by atoms with Gasteiger partial charge in [0, 0.05) is 5.56 Å². The Kier molecular flexibility index (Phi) is 4.97. The van der Waals surface area contributed by atoms with Gasteiger partial charge in [-0.05, 0) is 44.5 Å². The second-order valence-electron chi connectivity index (χ2n) is 5.96. The average molecular weight is 331 g/mol. The molecule has 0 saturated heterocycles. The zero-order chi connectivity index (χ0) is 17.9. The highest BCUT2D eigenvalue weighted by Gasteiger charge is 2.33. The van der Waals surface area contributed by atoms with Gasteiger partial charge in [-0.2, -0.15) is 0 Å². The van der Waals surface area contributed by atoms with Crippen LogP contribution in [-0.2, 0) is 10.3 Å². The summed E-state index contributed by atoms with van der Waals surface area (Å²) in [5.74, 6) is -0.0745. The third-order valence-corrected chi connectivity index (χ3v) is 3.85. The summed E-state index contributed by atoms with van der Waals surface area (Å²) in [6, 6.07) is 8.74. The van der Waals surface area contributed by atoms with E-state index in [4.69, 9.17) is 9.15 Å². The van der Waals surface area contributed by atoms with Crippen molar-refractivity contribution in [2.75, 3.05) is 7.11 Å². The van der Waals surface area contributed by atoms with Gasteiger partial charge in [0.2, 0.25) is 0 Å². The van der Waals surface area contributed by atoms with Gasteiger partial charge >= 0.3 is 5.97 Å². The third-order valence-electron chi connectivity index (χ3n) is 3.85. The molecule has 2 N–H and O–H groups in total. The summed E-state index contributed by atoms with van der Waals surface area (Å²) in [6.07, 6.45) is -0.273. The van der Waals surface area contributed by atoms with Crippen LogP contribution in [0.3, 0.4) is 0 Å². The van der Waals surface area contributed by atoms with Crippen LogP contribution in [0.25, 0.3) is 0 Å². The molecule has 6 heteroatoms. The van der Waals surface area contributed by atoms with Crippen LogP contribution in [0.4, 0.5) is 0 Å². The molecule has 128 valence electrons. The van der Waals surface area contributed by atoms with Crippen molar-refractivity contribution in [2.45, 2.75) is 32.7 Å². The maximum atomic E-state index is 12.6. The van der Waals surface area contributed by atoms with Crippen molar-refractivity contribution < 1.29 is 23.8 Å². The molecule has 1 unspecified atom stereocenters. The molecule has 0 fully saturated rings. The number of carbonyl (C=O) groups excluding carboxylic acids is 1. The number of aryl methyl sites for hydroxylation is 2. The average Bonchev–Trinajstić information content (AvgIpc) is 2.85. The Morgan fingerprint density at radius 1 is 1.29 bits per heavy atom. The van der Waals surface area contributed by atoms with Crippen LogP contribution < -0.4 is 10.1 Å². The molecule has 1 heterocycles. The summed E-state index contributed by atoms with van der Waals surface area (Å²) in [4.78, 5) is 23.9. The van der Waals surface area contributed by atoms with E-state index in [1.807, 2.05) is 0 Å². The van der Waals surface area contributed by atoms with E-state index in [2.05, 4.69) is 5.32 Å². The lowest BCUT2D eigenvalue weighted by Crippen LogP contribution is -2.45. The largest absolute Gasteiger partial charge is 0.497 e. The lowest BCUT2D eigenvalue weighted by molar-refractivity contribution is -0.138. The smallest absolute Gasteiger partial charge is 0.306 e. The number of carbonyl (C=O) groups is 2. The summed E-state index contributed by atoms with van der Waals surface area (Å²) in [5, 5.41) is 12.1. The second kappa shape index (κ2) is 6.78. The van der Waals surface area contributed by atoms with Crippen molar-refractivity contribution in [3.8, 4) is 5.75 Å². The van der Waals surface area contributed by atoms with Gasteiger partial charge in [-0.3, -0.25) is 9.59 Å². The fourth-order valence-electron chi connectivity index (χ4n) is 2.66. The van der Waals surface area contributed by atoms with E-state index in [0.717, 1.165) is 0 Å². The molecule has 2 rings (SSSR count). The van der Waals surface area contributed by atoms with Gasteiger partial charge in [0.25, 0.3) is 5.91 Å². The van der Waals surface area contributed by atoms with Crippen molar-refractivity contribution in [3.63, 3.8) is 0 Å². The van der Waals surface area contributed by atoms with Crippen LogP contribution in [0.1, 0.15) is 40.8 Å². The number of aliphatic carboxylic acids is 1. The molecule has 1 aromatic heterocycles. The molecule has 1 atom stereocenters. The summed E-state index contributed by atoms with van der Waals surface area (Å²) in [7, 11) is 1.53. The molecule has 0 spiro atoms. The van der Waals surface area contributed by atoms with E-state index >= 15 is 0 Å². The highest BCUT2D eigenvalue weighted by molar-refractivity contribution is 5.93. The molecule has 0 aliphatic carbocycles. The van der Waals surface area contributed by atoms with Gasteiger partial charge in [0.05, 0.1) is 19.1 Å². The first kappa shape index (κ1) is 17.6. The Morgan fingerprint density at radius 3 is 2.54 bits per heavy atom. The number of methoxy groups -OCH3 is 1. The number of hydrogen-bond donors (Lipinski definition) is 2. The minimum absolute atomic E-state index is 0.187. The van der Waals surface area contributed by atoms with Crippen LogP contribution in [-0.4, -0.2) is 24.1 Å². The van der Waals surface area contributed by atoms with Crippen molar-refractivity contribution >= 4 is 11.9 Å². The van der Waals surface area contributed by atoms with Gasteiger partial charge in [0.15, 0.2) is 5.76 Å². The molecule has 2 aromatic rings. The highest BCUT2D eigenvalue weighted by Crippen LogP contribution is 2.29. The Morgan fingerprint density at radius 2 is 2.00 bits per heavy atom. The number of furan rings is 1. The molecular weight excluding hydrogens is 310 g/mol. The zero-order valence-corrected chi connectivity index (χ0v) is 14.2. The van der Waals surface area contributed by atoms with Crippen LogP contribution >= 0.6 is 0 Å². The molecule has 1 amide bonds. The van der Waals surface area contributed by atoms with Crippen molar-refractivity contribution in [3.05, 3.63) is 53.0 Å². The number of rotatable bonds is 6. The van der Waals surface area contributed by atoms with E-state index in [0.29, 0.717) is 22.6 Å².